The van der Waals surface area contributed by atoms with Crippen molar-refractivity contribution in [1.29, 1.82) is 0 Å². The molecule has 1 aliphatic rings. The van der Waals surface area contributed by atoms with Crippen LogP contribution in [0.25, 0.3) is 0 Å². The van der Waals surface area contributed by atoms with E-state index in [1.807, 2.05) is 0 Å². The number of H-pyrrole nitrogens is 1. The topological polar surface area (TPSA) is 127 Å². The number of carbonyl (C=O) groups excluding carboxylic acids is 2. The molecule has 174 valence electrons. The van der Waals surface area contributed by atoms with Gasteiger partial charge in [-0.2, -0.15) is 0 Å². The molecule has 0 fully saturated rings. The van der Waals surface area contributed by atoms with Crippen LogP contribution in [-0.2, 0) is 10.3 Å². The van der Waals surface area contributed by atoms with Gasteiger partial charge < -0.3 is 5.32 Å². The van der Waals surface area contributed by atoms with Gasteiger partial charge in [0.15, 0.2) is 11.3 Å². The summed E-state index contributed by atoms with van der Waals surface area (Å²) >= 11 is 0. The molecule has 2 atom stereocenters. The predicted octanol–water partition coefficient (Wildman–Crippen LogP) is 3.84. The largest absolute Gasteiger partial charge is 0.323 e. The molecule has 0 unspecified atom stereocenters. The highest BCUT2D eigenvalue weighted by molar-refractivity contribution is 6.08. The summed E-state index contributed by atoms with van der Waals surface area (Å²) in [5.74, 6) is -1.43. The lowest BCUT2D eigenvalue weighted by Crippen LogP contribution is -2.48. The van der Waals surface area contributed by atoms with Gasteiger partial charge in [0.1, 0.15) is 0 Å². The maximum absolute atomic E-state index is 13.8. The molecule has 0 saturated carbocycles. The number of para-hydroxylation sites is 1. The average Bonchev–Trinajstić information content (AvgIpc) is 3.43. The minimum absolute atomic E-state index is 0.0935. The van der Waals surface area contributed by atoms with Gasteiger partial charge in [-0.1, -0.05) is 60.7 Å². The fraction of sp³-hybridized carbons (Fsp3) is 0.115. The molecule has 1 aliphatic heterocycles. The van der Waals surface area contributed by atoms with E-state index >= 15 is 0 Å². The Morgan fingerprint density at radius 1 is 0.943 bits per heavy atom. The molecule has 0 bridgehead atoms. The van der Waals surface area contributed by atoms with Crippen molar-refractivity contribution in [3.05, 3.63) is 128 Å². The summed E-state index contributed by atoms with van der Waals surface area (Å²) in [5, 5.41) is 16.8. The molecule has 0 radical (unpaired) electrons. The number of Topliss-reactive ketones (excluding diaryl/α,β-unsaturated/α-hetero) is 1. The second-order valence-electron chi connectivity index (χ2n) is 8.32. The van der Waals surface area contributed by atoms with E-state index in [2.05, 4.69) is 10.4 Å². The molecule has 35 heavy (non-hydrogen) atoms. The van der Waals surface area contributed by atoms with E-state index in [1.165, 1.54) is 29.1 Å². The minimum Gasteiger partial charge on any atom is -0.323 e. The van der Waals surface area contributed by atoms with Gasteiger partial charge in [-0.05, 0) is 11.6 Å². The summed E-state index contributed by atoms with van der Waals surface area (Å²) in [7, 11) is 0. The van der Waals surface area contributed by atoms with Crippen LogP contribution in [0.3, 0.4) is 0 Å². The van der Waals surface area contributed by atoms with E-state index in [0.29, 0.717) is 22.4 Å². The lowest BCUT2D eigenvalue weighted by atomic mass is 9.72. The maximum atomic E-state index is 13.8. The first-order chi connectivity index (χ1) is 16.9. The molecule has 9 heteroatoms. The summed E-state index contributed by atoms with van der Waals surface area (Å²) in [5.41, 5.74) is 0.135. The van der Waals surface area contributed by atoms with Crippen LogP contribution in [-0.4, -0.2) is 26.4 Å². The molecule has 0 aliphatic carbocycles. The van der Waals surface area contributed by atoms with Gasteiger partial charge >= 0.3 is 0 Å². The highest BCUT2D eigenvalue weighted by Gasteiger charge is 2.55. The van der Waals surface area contributed by atoms with E-state index in [1.54, 1.807) is 66.7 Å². The van der Waals surface area contributed by atoms with Crippen molar-refractivity contribution in [3.63, 3.8) is 0 Å². The number of anilines is 1. The third kappa shape index (κ3) is 3.63. The van der Waals surface area contributed by atoms with Gasteiger partial charge in [0.2, 0.25) is 0 Å². The van der Waals surface area contributed by atoms with E-state index in [9.17, 15) is 24.5 Å². The molecule has 0 spiro atoms. The second kappa shape index (κ2) is 8.53. The number of rotatable bonds is 7. The lowest BCUT2D eigenvalue weighted by molar-refractivity contribution is -0.384. The number of benzene rings is 3. The zero-order valence-electron chi connectivity index (χ0n) is 18.4. The van der Waals surface area contributed by atoms with E-state index < -0.39 is 27.8 Å². The Kier molecular flexibility index (Phi) is 5.37. The van der Waals surface area contributed by atoms with E-state index in [4.69, 9.17) is 0 Å². The number of ketones is 1. The fourth-order valence-corrected chi connectivity index (χ4v) is 4.82. The smallest absolute Gasteiger partial charge is 0.269 e. The lowest BCUT2D eigenvalue weighted by Gasteiger charge is -2.37. The number of aromatic nitrogens is 2. The molecule has 9 nitrogen and oxygen atoms in total. The average molecular weight is 468 g/mol. The molecule has 1 amide bonds. The standard InChI is InChI=1S/C26H20N4O5/c31-23(18-6-2-1-3-7-18)16-21(17-10-12-19(13-11-17)30(34)35)26(29-15-14-24(32)28-29)20-8-4-5-9-22(20)27-25(26)33/h1-15,21H,16H2,(H,27,33)(H,28,32)/t21-,26-/m1/s1. The molecular formula is C26H20N4O5. The number of nitrogens with zero attached hydrogens (tertiary/aromatic N) is 2. The van der Waals surface area contributed by atoms with Crippen LogP contribution in [0.5, 0.6) is 0 Å². The van der Waals surface area contributed by atoms with Crippen LogP contribution < -0.4 is 10.9 Å². The molecule has 1 aromatic heterocycles. The van der Waals surface area contributed by atoms with Gasteiger partial charge in [-0.3, -0.25) is 34.3 Å². The van der Waals surface area contributed by atoms with Crippen molar-refractivity contribution in [2.75, 3.05) is 5.32 Å². The number of non-ortho nitro benzene ring substituents is 1. The van der Waals surface area contributed by atoms with Gasteiger partial charge in [0.05, 0.1) is 4.92 Å². The Morgan fingerprint density at radius 3 is 2.29 bits per heavy atom. The molecule has 3 aromatic carbocycles. The number of carbonyl (C=O) groups is 2. The Hall–Kier alpha value is -4.79. The van der Waals surface area contributed by atoms with Crippen LogP contribution >= 0.6 is 0 Å². The van der Waals surface area contributed by atoms with Crippen molar-refractivity contribution in [2.45, 2.75) is 17.9 Å². The summed E-state index contributed by atoms with van der Waals surface area (Å²) < 4.78 is 1.43. The van der Waals surface area contributed by atoms with Crippen molar-refractivity contribution in [3.8, 4) is 0 Å². The number of fused-ring (bicyclic) bond motifs is 1. The normalized spacial score (nSPS) is 17.4. The van der Waals surface area contributed by atoms with Crippen molar-refractivity contribution in [1.82, 2.24) is 9.78 Å². The Bertz CT molecular complexity index is 1490. The number of nitrogens with one attached hydrogen (secondary N) is 2. The van der Waals surface area contributed by atoms with Gasteiger partial charge in [0, 0.05) is 53.5 Å². The number of nitro benzene ring substituents is 1. The third-order valence-corrected chi connectivity index (χ3v) is 6.41. The molecular weight excluding hydrogens is 448 g/mol. The Morgan fingerprint density at radius 2 is 1.63 bits per heavy atom. The minimum atomic E-state index is -1.51. The first-order valence-corrected chi connectivity index (χ1v) is 10.9. The highest BCUT2D eigenvalue weighted by atomic mass is 16.6. The number of hydrogen-bond acceptors (Lipinski definition) is 5. The number of hydrogen-bond donors (Lipinski definition) is 2. The Labute approximate surface area is 199 Å². The Balaban J connectivity index is 1.75. The second-order valence-corrected chi connectivity index (χ2v) is 8.32. The maximum Gasteiger partial charge on any atom is 0.269 e. The molecule has 0 saturated heterocycles. The van der Waals surface area contributed by atoms with E-state index in [0.717, 1.165) is 0 Å². The molecule has 4 aromatic rings. The summed E-state index contributed by atoms with van der Waals surface area (Å²) in [6, 6.07) is 22.9. The van der Waals surface area contributed by atoms with Gasteiger partial charge in [-0.25, -0.2) is 0 Å². The number of amides is 1. The summed E-state index contributed by atoms with van der Waals surface area (Å²) in [6.07, 6.45) is 1.39. The monoisotopic (exact) mass is 468 g/mol. The predicted molar refractivity (Wildman–Crippen MR) is 128 cm³/mol. The quantitative estimate of drug-likeness (QED) is 0.242. The molecule has 2 N–H and O–H groups in total. The van der Waals surface area contributed by atoms with Crippen LogP contribution in [0, 0.1) is 10.1 Å². The number of aromatic amines is 1. The SMILES string of the molecule is O=C(C[C@H](c1ccc([N+](=O)[O-])cc1)[C@@]1(n2ccc(=O)[nH]2)C(=O)Nc2ccccc21)c1ccccc1. The number of nitro groups is 1. The van der Waals surface area contributed by atoms with Crippen molar-refractivity contribution in [2.24, 2.45) is 0 Å². The van der Waals surface area contributed by atoms with Gasteiger partial charge in [0.25, 0.3) is 17.2 Å². The van der Waals surface area contributed by atoms with Crippen LogP contribution in [0.1, 0.15) is 33.8 Å². The van der Waals surface area contributed by atoms with E-state index in [-0.39, 0.29) is 17.9 Å². The first kappa shape index (κ1) is 22.0. The zero-order valence-corrected chi connectivity index (χ0v) is 18.4. The zero-order chi connectivity index (χ0) is 24.6. The van der Waals surface area contributed by atoms with Crippen LogP contribution in [0.4, 0.5) is 11.4 Å². The first-order valence-electron chi connectivity index (χ1n) is 10.9. The fourth-order valence-electron chi connectivity index (χ4n) is 4.82. The van der Waals surface area contributed by atoms with Gasteiger partial charge in [-0.15, -0.1) is 0 Å². The van der Waals surface area contributed by atoms with Crippen molar-refractivity contribution < 1.29 is 14.5 Å². The molecule has 2 heterocycles. The summed E-state index contributed by atoms with van der Waals surface area (Å²) in [4.78, 5) is 50.2. The summed E-state index contributed by atoms with van der Waals surface area (Å²) in [6.45, 7) is 0. The highest BCUT2D eigenvalue weighted by Crippen LogP contribution is 2.49. The van der Waals surface area contributed by atoms with Crippen molar-refractivity contribution >= 4 is 23.1 Å². The van der Waals surface area contributed by atoms with Crippen LogP contribution in [0.2, 0.25) is 0 Å². The third-order valence-electron chi connectivity index (χ3n) is 6.41. The van der Waals surface area contributed by atoms with Crippen LogP contribution in [0.15, 0.2) is 95.9 Å². The molecule has 5 rings (SSSR count).